The molecule has 2 heterocycles. The molecule has 0 N–H and O–H groups in total. The Morgan fingerprint density at radius 2 is 0.621 bits per heavy atom. The first-order valence-electron chi connectivity index (χ1n) is 21.9. The molecule has 0 aliphatic rings. The van der Waals surface area contributed by atoms with Crippen LogP contribution in [0.3, 0.4) is 0 Å². The van der Waals surface area contributed by atoms with Crippen molar-refractivity contribution < 1.29 is 0 Å². The molecule has 0 aliphatic heterocycles. The molecule has 0 bridgehead atoms. The number of nitrogens with zero attached hydrogens (tertiary/aromatic N) is 2. The summed E-state index contributed by atoms with van der Waals surface area (Å²) in [5, 5.41) is 5.19. The van der Waals surface area contributed by atoms with Crippen molar-refractivity contribution in [1.29, 1.82) is 0 Å². The number of hydrogen-bond donors (Lipinski definition) is 0. The van der Waals surface area contributed by atoms with Crippen LogP contribution in [0.25, 0.3) is 88.4 Å². The quantitative estimate of drug-likeness (QED) is 0.152. The molecule has 2 aromatic heterocycles. The molecule has 0 unspecified atom stereocenters. The maximum atomic E-state index is 3.51. The summed E-state index contributed by atoms with van der Waals surface area (Å²) in [5.41, 5.74) is 16.1. The average molecular weight is 1090 g/mol. The largest absolute Gasteiger partial charge is 0.309 e. The highest BCUT2D eigenvalue weighted by Crippen LogP contribution is 2.35. The normalized spacial score (nSPS) is 11.0. The van der Waals surface area contributed by atoms with Crippen LogP contribution in [0.2, 0.25) is 0 Å². The highest BCUT2D eigenvalue weighted by Gasteiger charge is 2.13. The summed E-state index contributed by atoms with van der Waals surface area (Å²) in [6.45, 7) is 2.14. The number of rotatable bonds is 5. The van der Waals surface area contributed by atoms with Crippen molar-refractivity contribution in [2.45, 2.75) is 6.92 Å². The number of halogens is 3. The molecular weight excluding hydrogens is 1050 g/mol. The van der Waals surface area contributed by atoms with Crippen molar-refractivity contribution >= 4 is 98.1 Å². The summed E-state index contributed by atoms with van der Waals surface area (Å²) in [7, 11) is 0. The van der Waals surface area contributed by atoms with E-state index in [4.69, 9.17) is 0 Å². The first-order valence-corrected chi connectivity index (χ1v) is 24.6. The molecule has 0 spiro atoms. The Labute approximate surface area is 416 Å². The molecule has 0 atom stereocenters. The third kappa shape index (κ3) is 9.16. The van der Waals surface area contributed by atoms with Crippen LogP contribution < -0.4 is 0 Å². The van der Waals surface area contributed by atoms with Crippen LogP contribution >= 0.6 is 54.5 Å². The molecule has 2 nitrogen and oxygen atoms in total. The van der Waals surface area contributed by atoms with Crippen molar-refractivity contribution in [1.82, 2.24) is 9.13 Å². The SMILES string of the molecule is Brc1ccc(-c2ccc(-c3cccc(-n4c5ccccc5c5ccccc54)c3)cc2)cc1.Brc1ccc(-c2ccc(I)cc2)cc1.Cc1cccc(-n2c3ccccc3c3ccccc32)c1. The van der Waals surface area contributed by atoms with Crippen LogP contribution in [0.5, 0.6) is 0 Å². The van der Waals surface area contributed by atoms with E-state index in [1.165, 1.54) is 97.5 Å². The summed E-state index contributed by atoms with van der Waals surface area (Å²) >= 11 is 9.25. The maximum Gasteiger partial charge on any atom is 0.0541 e. The summed E-state index contributed by atoms with van der Waals surface area (Å²) in [6, 6.07) is 86.1. The van der Waals surface area contributed by atoms with E-state index >= 15 is 0 Å². The molecule has 0 saturated heterocycles. The second-order valence-corrected chi connectivity index (χ2v) is 19.3. The van der Waals surface area contributed by atoms with Crippen LogP contribution in [-0.2, 0) is 0 Å². The second-order valence-electron chi connectivity index (χ2n) is 16.2. The van der Waals surface area contributed by atoms with E-state index in [0.29, 0.717) is 0 Å². The zero-order valence-corrected chi connectivity index (χ0v) is 41.5. The highest BCUT2D eigenvalue weighted by atomic mass is 127. The monoisotopic (exact) mass is 1090 g/mol. The first kappa shape index (κ1) is 43.4. The lowest BCUT2D eigenvalue weighted by Crippen LogP contribution is -1.94. The smallest absolute Gasteiger partial charge is 0.0541 e. The zero-order chi connectivity index (χ0) is 45.0. The van der Waals surface area contributed by atoms with Gasteiger partial charge in [-0.25, -0.2) is 0 Å². The fourth-order valence-electron chi connectivity index (χ4n) is 8.78. The topological polar surface area (TPSA) is 9.86 Å². The number of hydrogen-bond acceptors (Lipinski definition) is 0. The standard InChI is InChI=1S/C30H20BrN.C19H15N.C12H8BrI/c31-25-18-16-22(17-19-25)21-12-14-23(15-13-21)24-6-5-7-26(20-24)32-29-10-3-1-8-27(29)28-9-2-4-11-30(28)32;1-14-7-6-8-15(13-14)20-18-11-4-2-9-16(18)17-10-3-5-12-19(17)20;13-11-5-1-9(2-6-11)10-3-7-12(14)8-4-10/h1-20H;2-13H,1H3;1-8H. The van der Waals surface area contributed by atoms with E-state index in [-0.39, 0.29) is 0 Å². The predicted octanol–water partition coefficient (Wildman–Crippen LogP) is 18.7. The number of para-hydroxylation sites is 4. The Bertz CT molecular complexity index is 3460. The van der Waals surface area contributed by atoms with Gasteiger partial charge in [0, 0.05) is 45.4 Å². The van der Waals surface area contributed by atoms with Gasteiger partial charge >= 0.3 is 0 Å². The molecular formula is C61H43Br2IN2. The van der Waals surface area contributed by atoms with Crippen molar-refractivity contribution in [2.75, 3.05) is 0 Å². The Morgan fingerprint density at radius 3 is 1.02 bits per heavy atom. The van der Waals surface area contributed by atoms with Crippen LogP contribution in [0, 0.1) is 10.5 Å². The van der Waals surface area contributed by atoms with Gasteiger partial charge in [0.15, 0.2) is 0 Å². The summed E-state index contributed by atoms with van der Waals surface area (Å²) < 4.78 is 8.19. The molecule has 0 amide bonds. The van der Waals surface area contributed by atoms with E-state index in [2.05, 4.69) is 313 Å². The Balaban J connectivity index is 0.000000128. The second kappa shape index (κ2) is 19.5. The van der Waals surface area contributed by atoms with Crippen LogP contribution in [0.15, 0.2) is 252 Å². The molecule has 0 fully saturated rings. The van der Waals surface area contributed by atoms with Crippen LogP contribution in [-0.4, -0.2) is 9.13 Å². The number of aromatic nitrogens is 2. The minimum absolute atomic E-state index is 1.10. The van der Waals surface area contributed by atoms with Gasteiger partial charge in [0.1, 0.15) is 0 Å². The minimum Gasteiger partial charge on any atom is -0.309 e. The van der Waals surface area contributed by atoms with Crippen molar-refractivity contribution in [3.05, 3.63) is 261 Å². The molecule has 10 aromatic carbocycles. The fourth-order valence-corrected chi connectivity index (χ4v) is 9.66. The fraction of sp³-hybridized carbons (Fsp3) is 0.0164. The lowest BCUT2D eigenvalue weighted by Gasteiger charge is -2.11. The van der Waals surface area contributed by atoms with Gasteiger partial charge in [-0.1, -0.05) is 190 Å². The van der Waals surface area contributed by atoms with Crippen molar-refractivity contribution in [3.8, 4) is 44.8 Å². The molecule has 66 heavy (non-hydrogen) atoms. The van der Waals surface area contributed by atoms with Crippen LogP contribution in [0.1, 0.15) is 5.56 Å². The first-order chi connectivity index (χ1) is 32.4. The molecule has 0 saturated carbocycles. The lowest BCUT2D eigenvalue weighted by atomic mass is 10.00. The van der Waals surface area contributed by atoms with Gasteiger partial charge in [0.05, 0.1) is 22.1 Å². The molecule has 12 rings (SSSR count). The summed E-state index contributed by atoms with van der Waals surface area (Å²) in [6.07, 6.45) is 0. The Hall–Kier alpha value is -6.51. The van der Waals surface area contributed by atoms with Crippen molar-refractivity contribution in [3.63, 3.8) is 0 Å². The lowest BCUT2D eigenvalue weighted by molar-refractivity contribution is 1.17. The Morgan fingerprint density at radius 1 is 0.303 bits per heavy atom. The van der Waals surface area contributed by atoms with Gasteiger partial charge in [-0.15, -0.1) is 0 Å². The average Bonchev–Trinajstić information content (AvgIpc) is 3.89. The number of aryl methyl sites for hydroxylation is 1. The van der Waals surface area contributed by atoms with Gasteiger partial charge in [-0.05, 0) is 153 Å². The third-order valence-electron chi connectivity index (χ3n) is 11.9. The van der Waals surface area contributed by atoms with Gasteiger partial charge < -0.3 is 9.13 Å². The Kier molecular flexibility index (Phi) is 12.8. The molecule has 0 radical (unpaired) electrons. The van der Waals surface area contributed by atoms with E-state index in [1.54, 1.807) is 0 Å². The summed E-state index contributed by atoms with van der Waals surface area (Å²) in [4.78, 5) is 0. The van der Waals surface area contributed by atoms with E-state index in [9.17, 15) is 0 Å². The third-order valence-corrected chi connectivity index (χ3v) is 13.7. The maximum absolute atomic E-state index is 3.51. The van der Waals surface area contributed by atoms with Crippen molar-refractivity contribution in [2.24, 2.45) is 0 Å². The van der Waals surface area contributed by atoms with Gasteiger partial charge in [0.2, 0.25) is 0 Å². The number of fused-ring (bicyclic) bond motifs is 6. The van der Waals surface area contributed by atoms with Gasteiger partial charge in [0.25, 0.3) is 0 Å². The van der Waals surface area contributed by atoms with Gasteiger partial charge in [-0.2, -0.15) is 0 Å². The highest BCUT2D eigenvalue weighted by molar-refractivity contribution is 14.1. The number of benzene rings is 10. The zero-order valence-electron chi connectivity index (χ0n) is 36.1. The van der Waals surface area contributed by atoms with Crippen LogP contribution in [0.4, 0.5) is 0 Å². The predicted molar refractivity (Wildman–Crippen MR) is 297 cm³/mol. The molecule has 0 aliphatic carbocycles. The van der Waals surface area contributed by atoms with E-state index in [0.717, 1.165) is 8.95 Å². The molecule has 12 aromatic rings. The van der Waals surface area contributed by atoms with Gasteiger partial charge in [-0.3, -0.25) is 0 Å². The van der Waals surface area contributed by atoms with E-state index in [1.807, 2.05) is 0 Å². The minimum atomic E-state index is 1.10. The molecule has 5 heteroatoms. The van der Waals surface area contributed by atoms with E-state index < -0.39 is 0 Å². The summed E-state index contributed by atoms with van der Waals surface area (Å²) in [5.74, 6) is 0. The molecule has 318 valence electrons.